The average Bonchev–Trinajstić information content (AvgIpc) is 3.57. The second-order valence-electron chi connectivity index (χ2n) is 9.10. The summed E-state index contributed by atoms with van der Waals surface area (Å²) in [5.41, 5.74) is 1.36. The molecule has 2 heterocycles. The fourth-order valence-electron chi connectivity index (χ4n) is 3.71. The van der Waals surface area contributed by atoms with Crippen LogP contribution in [0.1, 0.15) is 30.7 Å². The van der Waals surface area contributed by atoms with Gasteiger partial charge in [-0.05, 0) is 77.3 Å². The van der Waals surface area contributed by atoms with Crippen LogP contribution in [0.15, 0.2) is 68.3 Å². The fourth-order valence-corrected chi connectivity index (χ4v) is 4.65. The molecule has 4 rings (SSSR count). The average molecular weight is 566 g/mol. The first-order chi connectivity index (χ1) is 19.3. The third-order valence-electron chi connectivity index (χ3n) is 5.69. The van der Waals surface area contributed by atoms with Crippen molar-refractivity contribution < 1.29 is 33.3 Å². The number of amidine groups is 1. The van der Waals surface area contributed by atoms with Crippen molar-refractivity contribution >= 4 is 35.1 Å². The number of benzene rings is 2. The third-order valence-corrected chi connectivity index (χ3v) is 6.69. The summed E-state index contributed by atoms with van der Waals surface area (Å²) in [6, 6.07) is 12.3. The fraction of sp³-hybridized carbons (Fsp3) is 0.276. The molecule has 3 aromatic rings. The molecule has 1 saturated heterocycles. The number of methoxy groups -OCH3 is 3. The highest BCUT2D eigenvalue weighted by Gasteiger charge is 2.34. The number of furan rings is 1. The SMILES string of the molecule is COc1cc(/C=N\N=C2\S/C(=C\c3cc(OC)c(O)c(OC)c3)C(=O)N2Cc2ccco2)ccc1OCC(C)C. The molecule has 0 unspecified atom stereocenters. The van der Waals surface area contributed by atoms with E-state index in [1.165, 1.54) is 30.9 Å². The molecular weight excluding hydrogens is 534 g/mol. The minimum Gasteiger partial charge on any atom is -0.502 e. The Labute approximate surface area is 236 Å². The number of nitrogens with zero attached hydrogens (tertiary/aromatic N) is 3. The molecule has 1 N–H and O–H groups in total. The van der Waals surface area contributed by atoms with Gasteiger partial charge in [-0.3, -0.25) is 9.69 Å². The second kappa shape index (κ2) is 13.1. The van der Waals surface area contributed by atoms with Crippen molar-refractivity contribution in [1.29, 1.82) is 0 Å². The predicted octanol–water partition coefficient (Wildman–Crippen LogP) is 5.55. The highest BCUT2D eigenvalue weighted by atomic mass is 32.2. The minimum absolute atomic E-state index is 0.121. The number of rotatable bonds is 11. The third kappa shape index (κ3) is 6.78. The van der Waals surface area contributed by atoms with E-state index in [9.17, 15) is 9.90 Å². The van der Waals surface area contributed by atoms with Crippen LogP contribution in [0.4, 0.5) is 0 Å². The normalized spacial score (nSPS) is 15.6. The Balaban J connectivity index is 1.61. The van der Waals surface area contributed by atoms with E-state index in [0.717, 1.165) is 5.56 Å². The Hall–Kier alpha value is -4.38. The molecule has 0 bridgehead atoms. The molecule has 1 amide bonds. The van der Waals surface area contributed by atoms with E-state index >= 15 is 0 Å². The van der Waals surface area contributed by atoms with Gasteiger partial charge in [-0.1, -0.05) is 13.8 Å². The van der Waals surface area contributed by atoms with E-state index in [1.54, 1.807) is 49.9 Å². The lowest BCUT2D eigenvalue weighted by Gasteiger charge is -2.13. The number of phenolic OH excluding ortho intramolecular Hbond substituents is 1. The van der Waals surface area contributed by atoms with Crippen LogP contribution in [-0.4, -0.2) is 55.2 Å². The molecule has 1 aliphatic heterocycles. The maximum Gasteiger partial charge on any atom is 0.267 e. The molecule has 210 valence electrons. The largest absolute Gasteiger partial charge is 0.502 e. The number of hydrogen-bond donors (Lipinski definition) is 1. The van der Waals surface area contributed by atoms with Crippen molar-refractivity contribution in [3.05, 3.63) is 70.5 Å². The molecule has 1 fully saturated rings. The van der Waals surface area contributed by atoms with Crippen molar-refractivity contribution in [2.75, 3.05) is 27.9 Å². The molecule has 0 aliphatic carbocycles. The van der Waals surface area contributed by atoms with Crippen molar-refractivity contribution in [1.82, 2.24) is 4.90 Å². The molecule has 10 nitrogen and oxygen atoms in total. The smallest absolute Gasteiger partial charge is 0.267 e. The van der Waals surface area contributed by atoms with Crippen molar-refractivity contribution in [2.45, 2.75) is 20.4 Å². The summed E-state index contributed by atoms with van der Waals surface area (Å²) in [6.45, 7) is 4.91. The lowest BCUT2D eigenvalue weighted by Crippen LogP contribution is -2.28. The van der Waals surface area contributed by atoms with Crippen LogP contribution >= 0.6 is 11.8 Å². The number of phenols is 1. The monoisotopic (exact) mass is 565 g/mol. The van der Waals surface area contributed by atoms with Gasteiger partial charge in [0.2, 0.25) is 5.75 Å². The molecular formula is C29H31N3O7S. The van der Waals surface area contributed by atoms with Gasteiger partial charge >= 0.3 is 0 Å². The maximum absolute atomic E-state index is 13.4. The Bertz CT molecular complexity index is 1410. The summed E-state index contributed by atoms with van der Waals surface area (Å²) in [6.07, 6.45) is 4.81. The summed E-state index contributed by atoms with van der Waals surface area (Å²) < 4.78 is 27.2. The van der Waals surface area contributed by atoms with Crippen molar-refractivity contribution in [3.8, 4) is 28.7 Å². The van der Waals surface area contributed by atoms with Gasteiger partial charge in [0, 0.05) is 0 Å². The first-order valence-electron chi connectivity index (χ1n) is 12.4. The zero-order valence-electron chi connectivity index (χ0n) is 22.9. The standard InChI is InChI=1S/C29H31N3O7S/c1-18(2)17-39-22-9-8-19(11-23(22)35-3)15-30-31-29-32(16-21-7-6-10-38-21)28(34)26(40-29)14-20-12-24(36-4)27(33)25(13-20)37-5/h6-15,18,33H,16-17H2,1-5H3/b26-14-,30-15-,31-29+. The zero-order chi connectivity index (χ0) is 28.6. The second-order valence-corrected chi connectivity index (χ2v) is 10.1. The topological polar surface area (TPSA) is 115 Å². The van der Waals surface area contributed by atoms with Crippen LogP contribution in [-0.2, 0) is 11.3 Å². The predicted molar refractivity (Wildman–Crippen MR) is 154 cm³/mol. The van der Waals surface area contributed by atoms with Gasteiger partial charge < -0.3 is 28.5 Å². The van der Waals surface area contributed by atoms with Crippen LogP contribution in [0.3, 0.4) is 0 Å². The van der Waals surface area contributed by atoms with Crippen LogP contribution in [0, 0.1) is 5.92 Å². The number of ether oxygens (including phenoxy) is 4. The van der Waals surface area contributed by atoms with E-state index < -0.39 is 0 Å². The summed E-state index contributed by atoms with van der Waals surface area (Å²) >= 11 is 1.17. The summed E-state index contributed by atoms with van der Waals surface area (Å²) in [5.74, 6) is 2.29. The van der Waals surface area contributed by atoms with Gasteiger partial charge in [0.25, 0.3) is 5.91 Å². The number of amides is 1. The molecule has 2 aromatic carbocycles. The van der Waals surface area contributed by atoms with E-state index in [1.807, 2.05) is 18.2 Å². The highest BCUT2D eigenvalue weighted by molar-refractivity contribution is 8.18. The van der Waals surface area contributed by atoms with Gasteiger partial charge in [-0.15, -0.1) is 5.10 Å². The van der Waals surface area contributed by atoms with Crippen molar-refractivity contribution in [3.63, 3.8) is 0 Å². The van der Waals surface area contributed by atoms with Gasteiger partial charge in [0.05, 0.1) is 51.9 Å². The molecule has 0 spiro atoms. The zero-order valence-corrected chi connectivity index (χ0v) is 23.7. The molecule has 0 atom stereocenters. The quantitative estimate of drug-likeness (QED) is 0.183. The van der Waals surface area contributed by atoms with E-state index in [-0.39, 0.29) is 29.7 Å². The Morgan fingerprint density at radius 2 is 1.70 bits per heavy atom. The van der Waals surface area contributed by atoms with Crippen LogP contribution < -0.4 is 18.9 Å². The Morgan fingerprint density at radius 1 is 1.00 bits per heavy atom. The lowest BCUT2D eigenvalue weighted by molar-refractivity contribution is -0.122. The van der Waals surface area contributed by atoms with Crippen LogP contribution in [0.2, 0.25) is 0 Å². The van der Waals surface area contributed by atoms with Crippen LogP contribution in [0.5, 0.6) is 28.7 Å². The molecule has 11 heteroatoms. The van der Waals surface area contributed by atoms with E-state index in [2.05, 4.69) is 24.1 Å². The number of thioether (sulfide) groups is 1. The van der Waals surface area contributed by atoms with E-state index in [4.69, 9.17) is 23.4 Å². The summed E-state index contributed by atoms with van der Waals surface area (Å²) in [4.78, 5) is 15.3. The molecule has 40 heavy (non-hydrogen) atoms. The Morgan fingerprint density at radius 3 is 2.33 bits per heavy atom. The van der Waals surface area contributed by atoms with Crippen LogP contribution in [0.25, 0.3) is 6.08 Å². The molecule has 1 aliphatic rings. The van der Waals surface area contributed by atoms with Gasteiger partial charge in [0.1, 0.15) is 5.76 Å². The summed E-state index contributed by atoms with van der Waals surface area (Å²) in [7, 11) is 4.46. The first-order valence-corrected chi connectivity index (χ1v) is 13.2. The lowest BCUT2D eigenvalue weighted by atomic mass is 10.1. The minimum atomic E-state index is -0.269. The number of hydrogen-bond acceptors (Lipinski definition) is 10. The Kier molecular flexibility index (Phi) is 9.39. The van der Waals surface area contributed by atoms with Gasteiger partial charge in [-0.25, -0.2) is 0 Å². The first kappa shape index (κ1) is 28.6. The molecule has 0 saturated carbocycles. The molecule has 1 aromatic heterocycles. The molecule has 0 radical (unpaired) electrons. The summed E-state index contributed by atoms with van der Waals surface area (Å²) in [5, 5.41) is 19.2. The highest BCUT2D eigenvalue weighted by Crippen LogP contribution is 2.40. The van der Waals surface area contributed by atoms with E-state index in [0.29, 0.717) is 45.4 Å². The van der Waals surface area contributed by atoms with Crippen molar-refractivity contribution in [2.24, 2.45) is 16.1 Å². The van der Waals surface area contributed by atoms with Gasteiger partial charge in [0.15, 0.2) is 28.2 Å². The number of aromatic hydroxyl groups is 1. The van der Waals surface area contributed by atoms with Gasteiger partial charge in [-0.2, -0.15) is 5.10 Å². The number of carbonyl (C=O) groups is 1. The maximum atomic E-state index is 13.4. The number of carbonyl (C=O) groups excluding carboxylic acids is 1.